The highest BCUT2D eigenvalue weighted by molar-refractivity contribution is 5.18. The quantitative estimate of drug-likeness (QED) is 0.606. The standard InChI is InChI=1S/C14H20N2/c1-2-13-9-10-14(16-12-13)8-6-4-3-5-7-11-15/h9-10,12H,2-3,5,7-8,11,15H2,1H3. The number of aryl methyl sites for hydroxylation is 1. The Morgan fingerprint density at radius 1 is 1.25 bits per heavy atom. The Kier molecular flexibility index (Phi) is 6.29. The minimum Gasteiger partial charge on any atom is -0.330 e. The van der Waals surface area contributed by atoms with Crippen LogP contribution >= 0.6 is 0 Å². The minimum absolute atomic E-state index is 0.757. The predicted octanol–water partition coefficient (Wildman–Crippen LogP) is 2.32. The average Bonchev–Trinajstić information content (AvgIpc) is 2.34. The zero-order valence-corrected chi connectivity index (χ0v) is 10.00. The van der Waals surface area contributed by atoms with Crippen LogP contribution in [0.2, 0.25) is 0 Å². The van der Waals surface area contributed by atoms with Crippen molar-refractivity contribution in [2.45, 2.75) is 39.0 Å². The lowest BCUT2D eigenvalue weighted by molar-refractivity contribution is 0.767. The van der Waals surface area contributed by atoms with Crippen LogP contribution in [0.1, 0.15) is 37.4 Å². The zero-order valence-electron chi connectivity index (χ0n) is 10.00. The van der Waals surface area contributed by atoms with Gasteiger partial charge in [-0.2, -0.15) is 0 Å². The third-order valence-electron chi connectivity index (χ3n) is 2.44. The monoisotopic (exact) mass is 216 g/mol. The van der Waals surface area contributed by atoms with Gasteiger partial charge in [0.05, 0.1) is 12.1 Å². The molecule has 0 spiro atoms. The van der Waals surface area contributed by atoms with Crippen LogP contribution in [0.3, 0.4) is 0 Å². The van der Waals surface area contributed by atoms with E-state index in [1.165, 1.54) is 5.56 Å². The van der Waals surface area contributed by atoms with Gasteiger partial charge in [0.1, 0.15) is 0 Å². The Morgan fingerprint density at radius 2 is 2.12 bits per heavy atom. The lowest BCUT2D eigenvalue weighted by Gasteiger charge is -1.97. The number of pyridine rings is 1. The molecule has 0 amide bonds. The van der Waals surface area contributed by atoms with Crippen LogP contribution in [0, 0.1) is 11.8 Å². The fourth-order valence-corrected chi connectivity index (χ4v) is 1.37. The molecule has 0 aliphatic heterocycles. The van der Waals surface area contributed by atoms with Crippen molar-refractivity contribution in [3.8, 4) is 11.8 Å². The van der Waals surface area contributed by atoms with E-state index in [9.17, 15) is 0 Å². The molecule has 0 aliphatic rings. The first kappa shape index (κ1) is 12.7. The lowest BCUT2D eigenvalue weighted by Crippen LogP contribution is -1.97. The minimum atomic E-state index is 0.757. The van der Waals surface area contributed by atoms with Crippen LogP contribution < -0.4 is 5.73 Å². The smallest absolute Gasteiger partial charge is 0.0522 e. The molecule has 0 aliphatic carbocycles. The number of aromatic nitrogens is 1. The largest absolute Gasteiger partial charge is 0.330 e. The second-order valence-electron chi connectivity index (χ2n) is 3.79. The molecule has 0 atom stereocenters. The highest BCUT2D eigenvalue weighted by Gasteiger charge is 1.92. The van der Waals surface area contributed by atoms with Crippen molar-refractivity contribution in [2.24, 2.45) is 5.73 Å². The molecule has 1 rings (SSSR count). The molecule has 1 aromatic rings. The summed E-state index contributed by atoms with van der Waals surface area (Å²) in [6.07, 6.45) is 6.85. The Hall–Kier alpha value is -1.33. The van der Waals surface area contributed by atoms with Crippen molar-refractivity contribution in [3.05, 3.63) is 29.6 Å². The molecule has 0 radical (unpaired) electrons. The molecule has 1 heterocycles. The molecule has 16 heavy (non-hydrogen) atoms. The first-order valence-electron chi connectivity index (χ1n) is 5.96. The first-order chi connectivity index (χ1) is 7.86. The maximum Gasteiger partial charge on any atom is 0.0522 e. The second-order valence-corrected chi connectivity index (χ2v) is 3.79. The maximum atomic E-state index is 5.40. The number of unbranched alkanes of at least 4 members (excludes halogenated alkanes) is 2. The number of nitrogens with zero attached hydrogens (tertiary/aromatic N) is 1. The van der Waals surface area contributed by atoms with Crippen molar-refractivity contribution in [3.63, 3.8) is 0 Å². The molecule has 0 aromatic carbocycles. The lowest BCUT2D eigenvalue weighted by atomic mass is 10.2. The maximum absolute atomic E-state index is 5.40. The number of nitrogens with two attached hydrogens (primary N) is 1. The van der Waals surface area contributed by atoms with Gasteiger partial charge in [-0.3, -0.25) is 4.98 Å². The summed E-state index contributed by atoms with van der Waals surface area (Å²) >= 11 is 0. The number of hydrogen-bond acceptors (Lipinski definition) is 2. The SMILES string of the molecule is CCc1ccc(CC#CCCCCN)nc1. The number of rotatable bonds is 5. The third-order valence-corrected chi connectivity index (χ3v) is 2.44. The summed E-state index contributed by atoms with van der Waals surface area (Å²) in [7, 11) is 0. The Labute approximate surface area is 98.3 Å². The Bertz CT molecular complexity index is 343. The van der Waals surface area contributed by atoms with E-state index in [0.717, 1.165) is 44.3 Å². The third kappa shape index (κ3) is 4.95. The van der Waals surface area contributed by atoms with Crippen molar-refractivity contribution in [2.75, 3.05) is 6.54 Å². The fourth-order valence-electron chi connectivity index (χ4n) is 1.37. The molecule has 0 saturated carbocycles. The number of hydrogen-bond donors (Lipinski definition) is 1. The highest BCUT2D eigenvalue weighted by Crippen LogP contribution is 2.01. The van der Waals surface area contributed by atoms with Crippen LogP contribution in [0.4, 0.5) is 0 Å². The normalized spacial score (nSPS) is 9.62. The summed E-state index contributed by atoms with van der Waals surface area (Å²) in [5.74, 6) is 6.30. The topological polar surface area (TPSA) is 38.9 Å². The van der Waals surface area contributed by atoms with Crippen LogP contribution in [0.5, 0.6) is 0 Å². The van der Waals surface area contributed by atoms with Gasteiger partial charge in [0.15, 0.2) is 0 Å². The van der Waals surface area contributed by atoms with Crippen molar-refractivity contribution >= 4 is 0 Å². The van der Waals surface area contributed by atoms with Crippen molar-refractivity contribution in [1.82, 2.24) is 4.98 Å². The molecule has 86 valence electrons. The van der Waals surface area contributed by atoms with E-state index in [1.54, 1.807) is 0 Å². The summed E-state index contributed by atoms with van der Waals surface area (Å²) in [5.41, 5.74) is 7.74. The summed E-state index contributed by atoms with van der Waals surface area (Å²) < 4.78 is 0. The van der Waals surface area contributed by atoms with Gasteiger partial charge in [-0.05, 0) is 37.4 Å². The van der Waals surface area contributed by atoms with E-state index in [2.05, 4.69) is 35.9 Å². The van der Waals surface area contributed by atoms with E-state index in [1.807, 2.05) is 6.20 Å². The van der Waals surface area contributed by atoms with E-state index in [4.69, 9.17) is 5.73 Å². The predicted molar refractivity (Wildman–Crippen MR) is 68.0 cm³/mol. The molecule has 2 heteroatoms. The average molecular weight is 216 g/mol. The van der Waals surface area contributed by atoms with Crippen LogP contribution in [-0.4, -0.2) is 11.5 Å². The van der Waals surface area contributed by atoms with Gasteiger partial charge in [0, 0.05) is 12.6 Å². The van der Waals surface area contributed by atoms with Gasteiger partial charge < -0.3 is 5.73 Å². The van der Waals surface area contributed by atoms with E-state index >= 15 is 0 Å². The molecule has 0 unspecified atom stereocenters. The first-order valence-corrected chi connectivity index (χ1v) is 5.96. The van der Waals surface area contributed by atoms with Crippen molar-refractivity contribution < 1.29 is 0 Å². The summed E-state index contributed by atoms with van der Waals surface area (Å²) in [4.78, 5) is 4.36. The van der Waals surface area contributed by atoms with Crippen LogP contribution in [0.15, 0.2) is 18.3 Å². The van der Waals surface area contributed by atoms with Gasteiger partial charge in [-0.15, -0.1) is 5.92 Å². The van der Waals surface area contributed by atoms with Gasteiger partial charge in [0.25, 0.3) is 0 Å². The molecule has 2 N–H and O–H groups in total. The molecule has 2 nitrogen and oxygen atoms in total. The van der Waals surface area contributed by atoms with E-state index in [0.29, 0.717) is 0 Å². The van der Waals surface area contributed by atoms with Crippen molar-refractivity contribution in [1.29, 1.82) is 0 Å². The zero-order chi connectivity index (χ0) is 11.6. The summed E-state index contributed by atoms with van der Waals surface area (Å²) in [6, 6.07) is 4.19. The molecule has 0 fully saturated rings. The molecule has 1 aromatic heterocycles. The van der Waals surface area contributed by atoms with Crippen LogP contribution in [0.25, 0.3) is 0 Å². The highest BCUT2D eigenvalue weighted by atomic mass is 14.7. The van der Waals surface area contributed by atoms with Gasteiger partial charge >= 0.3 is 0 Å². The van der Waals surface area contributed by atoms with E-state index in [-0.39, 0.29) is 0 Å². The van der Waals surface area contributed by atoms with Gasteiger partial charge in [-0.25, -0.2) is 0 Å². The Balaban J connectivity index is 2.30. The molecular weight excluding hydrogens is 196 g/mol. The Morgan fingerprint density at radius 3 is 2.75 bits per heavy atom. The summed E-state index contributed by atoms with van der Waals surface area (Å²) in [5, 5.41) is 0. The van der Waals surface area contributed by atoms with Gasteiger partial charge in [0.2, 0.25) is 0 Å². The van der Waals surface area contributed by atoms with E-state index < -0.39 is 0 Å². The van der Waals surface area contributed by atoms with Gasteiger partial charge in [-0.1, -0.05) is 18.9 Å². The molecule has 0 bridgehead atoms. The second kappa shape index (κ2) is 7.90. The molecule has 0 saturated heterocycles. The summed E-state index contributed by atoms with van der Waals surface area (Å²) in [6.45, 7) is 2.90. The fraction of sp³-hybridized carbons (Fsp3) is 0.500. The van der Waals surface area contributed by atoms with Crippen LogP contribution in [-0.2, 0) is 12.8 Å². The molecular formula is C14H20N2.